The highest BCUT2D eigenvalue weighted by molar-refractivity contribution is 6.29. The van der Waals surface area contributed by atoms with Crippen LogP contribution in [0.5, 0.6) is 5.88 Å². The molecule has 0 fully saturated rings. The van der Waals surface area contributed by atoms with Gasteiger partial charge in [0.25, 0.3) is 5.88 Å². The normalized spacial score (nSPS) is 10.4. The number of aromatic nitrogens is 1. The van der Waals surface area contributed by atoms with Gasteiger partial charge in [-0.05, 0) is 12.0 Å². The summed E-state index contributed by atoms with van der Waals surface area (Å²) in [5.74, 6) is 0.242. The second-order valence-electron chi connectivity index (χ2n) is 3.42. The van der Waals surface area contributed by atoms with Crippen LogP contribution in [0.2, 0.25) is 5.15 Å². The molecule has 0 saturated heterocycles. The molecule has 5 nitrogen and oxygen atoms in total. The van der Waals surface area contributed by atoms with Gasteiger partial charge in [-0.2, -0.15) is 4.98 Å². The molecule has 0 aliphatic carbocycles. The second-order valence-corrected chi connectivity index (χ2v) is 3.81. The predicted octanol–water partition coefficient (Wildman–Crippen LogP) is 2.68. The molecule has 0 aliphatic rings. The molecule has 15 heavy (non-hydrogen) atoms. The van der Waals surface area contributed by atoms with E-state index in [0.717, 1.165) is 0 Å². The molecule has 6 heteroatoms. The maximum absolute atomic E-state index is 10.6. The Morgan fingerprint density at radius 1 is 1.60 bits per heavy atom. The van der Waals surface area contributed by atoms with E-state index < -0.39 is 4.92 Å². The van der Waals surface area contributed by atoms with Crippen molar-refractivity contribution in [1.29, 1.82) is 0 Å². The molecular weight excluding hydrogens is 220 g/mol. The van der Waals surface area contributed by atoms with Crippen LogP contribution in [0.1, 0.15) is 13.8 Å². The van der Waals surface area contributed by atoms with Crippen LogP contribution in [0.4, 0.5) is 5.69 Å². The lowest BCUT2D eigenvalue weighted by atomic mass is 10.2. The van der Waals surface area contributed by atoms with Crippen molar-refractivity contribution in [3.05, 3.63) is 27.4 Å². The zero-order chi connectivity index (χ0) is 11.4. The summed E-state index contributed by atoms with van der Waals surface area (Å²) in [6.45, 7) is 4.25. The molecule has 0 atom stereocenters. The SMILES string of the molecule is CC(C)COc1nc(Cl)ccc1[N+](=O)[O-]. The van der Waals surface area contributed by atoms with Crippen LogP contribution in [0.25, 0.3) is 0 Å². The molecule has 0 aliphatic heterocycles. The molecule has 0 bridgehead atoms. The van der Waals surface area contributed by atoms with Crippen molar-refractivity contribution in [2.45, 2.75) is 13.8 Å². The molecule has 0 unspecified atom stereocenters. The first-order valence-corrected chi connectivity index (χ1v) is 4.82. The van der Waals surface area contributed by atoms with Crippen molar-refractivity contribution in [3.63, 3.8) is 0 Å². The van der Waals surface area contributed by atoms with Crippen molar-refractivity contribution >= 4 is 17.3 Å². The minimum atomic E-state index is -0.543. The average molecular weight is 231 g/mol. The number of ether oxygens (including phenoxy) is 1. The predicted molar refractivity (Wildman–Crippen MR) is 56.2 cm³/mol. The van der Waals surface area contributed by atoms with E-state index in [4.69, 9.17) is 16.3 Å². The first kappa shape index (κ1) is 11.7. The van der Waals surface area contributed by atoms with E-state index >= 15 is 0 Å². The molecule has 0 radical (unpaired) electrons. The van der Waals surface area contributed by atoms with Crippen LogP contribution >= 0.6 is 11.6 Å². The molecule has 0 aromatic carbocycles. The van der Waals surface area contributed by atoms with Gasteiger partial charge in [0.15, 0.2) is 0 Å². The smallest absolute Gasteiger partial charge is 0.331 e. The summed E-state index contributed by atoms with van der Waals surface area (Å²) in [7, 11) is 0. The fourth-order valence-electron chi connectivity index (χ4n) is 0.901. The van der Waals surface area contributed by atoms with E-state index in [1.807, 2.05) is 13.8 Å². The third kappa shape index (κ3) is 3.36. The Balaban J connectivity index is 2.92. The summed E-state index contributed by atoms with van der Waals surface area (Å²) in [6.07, 6.45) is 0. The Morgan fingerprint density at radius 2 is 2.27 bits per heavy atom. The van der Waals surface area contributed by atoms with E-state index in [9.17, 15) is 10.1 Å². The number of nitrogens with zero attached hydrogens (tertiary/aromatic N) is 2. The van der Waals surface area contributed by atoms with Crippen molar-refractivity contribution in [3.8, 4) is 5.88 Å². The minimum absolute atomic E-state index is 0.0267. The largest absolute Gasteiger partial charge is 0.473 e. The molecule has 1 aromatic rings. The van der Waals surface area contributed by atoms with Gasteiger partial charge in [-0.25, -0.2) is 0 Å². The number of hydrogen-bond acceptors (Lipinski definition) is 4. The van der Waals surface area contributed by atoms with Crippen molar-refractivity contribution in [1.82, 2.24) is 4.98 Å². The lowest BCUT2D eigenvalue weighted by Gasteiger charge is -2.07. The summed E-state index contributed by atoms with van der Waals surface area (Å²) in [4.78, 5) is 13.8. The van der Waals surface area contributed by atoms with Crippen LogP contribution in [-0.4, -0.2) is 16.5 Å². The zero-order valence-electron chi connectivity index (χ0n) is 8.44. The van der Waals surface area contributed by atoms with E-state index in [1.165, 1.54) is 12.1 Å². The zero-order valence-corrected chi connectivity index (χ0v) is 9.19. The number of hydrogen-bond donors (Lipinski definition) is 0. The fraction of sp³-hybridized carbons (Fsp3) is 0.444. The van der Waals surface area contributed by atoms with E-state index in [0.29, 0.717) is 6.61 Å². The number of nitro groups is 1. The molecule has 0 spiro atoms. The maximum atomic E-state index is 10.6. The lowest BCUT2D eigenvalue weighted by molar-refractivity contribution is -0.386. The topological polar surface area (TPSA) is 65.3 Å². The van der Waals surface area contributed by atoms with E-state index in [2.05, 4.69) is 4.98 Å². The third-order valence-corrected chi connectivity index (χ3v) is 1.77. The van der Waals surface area contributed by atoms with Crippen LogP contribution in [0.15, 0.2) is 12.1 Å². The van der Waals surface area contributed by atoms with Crippen LogP contribution in [-0.2, 0) is 0 Å². The van der Waals surface area contributed by atoms with Crippen LogP contribution in [0, 0.1) is 16.0 Å². The second kappa shape index (κ2) is 4.93. The fourth-order valence-corrected chi connectivity index (χ4v) is 1.04. The number of halogens is 1. The van der Waals surface area contributed by atoms with Gasteiger partial charge in [-0.15, -0.1) is 0 Å². The van der Waals surface area contributed by atoms with Crippen molar-refractivity contribution < 1.29 is 9.66 Å². The minimum Gasteiger partial charge on any atom is -0.473 e. The average Bonchev–Trinajstić information content (AvgIpc) is 2.14. The monoisotopic (exact) mass is 230 g/mol. The summed E-state index contributed by atoms with van der Waals surface area (Å²) in [5.41, 5.74) is -0.167. The molecule has 0 N–H and O–H groups in total. The van der Waals surface area contributed by atoms with Crippen molar-refractivity contribution in [2.24, 2.45) is 5.92 Å². The Hall–Kier alpha value is -1.36. The lowest BCUT2D eigenvalue weighted by Crippen LogP contribution is -2.07. The standard InChI is InChI=1S/C9H11ClN2O3/c1-6(2)5-15-9-7(12(13)14)3-4-8(10)11-9/h3-4,6H,5H2,1-2H3. The number of rotatable bonds is 4. The van der Waals surface area contributed by atoms with E-state index in [1.54, 1.807) is 0 Å². The molecular formula is C9H11ClN2O3. The molecule has 1 heterocycles. The summed E-state index contributed by atoms with van der Waals surface area (Å²) < 4.78 is 5.20. The van der Waals surface area contributed by atoms with Gasteiger partial charge >= 0.3 is 5.69 Å². The molecule has 1 aromatic heterocycles. The van der Waals surface area contributed by atoms with Gasteiger partial charge in [0.1, 0.15) is 5.15 Å². The number of pyridine rings is 1. The third-order valence-electron chi connectivity index (χ3n) is 1.56. The van der Waals surface area contributed by atoms with Gasteiger partial charge in [-0.3, -0.25) is 10.1 Å². The highest BCUT2D eigenvalue weighted by Gasteiger charge is 2.17. The van der Waals surface area contributed by atoms with E-state index in [-0.39, 0.29) is 22.6 Å². The highest BCUT2D eigenvalue weighted by atomic mass is 35.5. The van der Waals surface area contributed by atoms with Gasteiger partial charge in [0, 0.05) is 6.07 Å². The van der Waals surface area contributed by atoms with Gasteiger partial charge in [0.2, 0.25) is 0 Å². The summed E-state index contributed by atoms with van der Waals surface area (Å²) in [5, 5.41) is 10.8. The summed E-state index contributed by atoms with van der Waals surface area (Å²) >= 11 is 5.62. The van der Waals surface area contributed by atoms with Gasteiger partial charge in [0.05, 0.1) is 11.5 Å². The first-order valence-electron chi connectivity index (χ1n) is 4.44. The Kier molecular flexibility index (Phi) is 3.85. The summed E-state index contributed by atoms with van der Waals surface area (Å²) in [6, 6.07) is 2.65. The molecule has 0 amide bonds. The Labute approximate surface area is 92.2 Å². The molecule has 1 rings (SSSR count). The first-order chi connectivity index (χ1) is 7.00. The quantitative estimate of drug-likeness (QED) is 0.453. The molecule has 0 saturated carbocycles. The highest BCUT2D eigenvalue weighted by Crippen LogP contribution is 2.26. The Bertz CT molecular complexity index is 368. The van der Waals surface area contributed by atoms with Gasteiger partial charge in [-0.1, -0.05) is 25.4 Å². The van der Waals surface area contributed by atoms with Crippen LogP contribution < -0.4 is 4.74 Å². The van der Waals surface area contributed by atoms with Gasteiger partial charge < -0.3 is 4.74 Å². The maximum Gasteiger partial charge on any atom is 0.331 e. The van der Waals surface area contributed by atoms with Crippen molar-refractivity contribution in [2.75, 3.05) is 6.61 Å². The van der Waals surface area contributed by atoms with Crippen LogP contribution in [0.3, 0.4) is 0 Å². The Morgan fingerprint density at radius 3 is 2.80 bits per heavy atom. The molecule has 82 valence electrons.